The van der Waals surface area contributed by atoms with E-state index < -0.39 is 12.0 Å². The SMILES string of the molecule is CCOc1ccc(C(=O)N[C@H](C(=O)O)[C@@H](C)CC)cc1. The topological polar surface area (TPSA) is 75.6 Å². The number of carbonyl (C=O) groups excluding carboxylic acids is 1. The Hall–Kier alpha value is -2.04. The summed E-state index contributed by atoms with van der Waals surface area (Å²) in [5.74, 6) is -0.848. The molecule has 110 valence electrons. The van der Waals surface area contributed by atoms with Gasteiger partial charge in [0.15, 0.2) is 0 Å². The summed E-state index contributed by atoms with van der Waals surface area (Å²) in [5.41, 5.74) is 0.419. The molecule has 1 aromatic rings. The van der Waals surface area contributed by atoms with Crippen LogP contribution < -0.4 is 10.1 Å². The first kappa shape index (κ1) is 16.0. The molecular formula is C15H21NO4. The predicted molar refractivity (Wildman–Crippen MR) is 76.0 cm³/mol. The number of carbonyl (C=O) groups is 2. The van der Waals surface area contributed by atoms with Crippen LogP contribution in [0.4, 0.5) is 0 Å². The van der Waals surface area contributed by atoms with Crippen LogP contribution >= 0.6 is 0 Å². The fourth-order valence-electron chi connectivity index (χ4n) is 1.78. The molecule has 5 nitrogen and oxygen atoms in total. The molecular weight excluding hydrogens is 258 g/mol. The standard InChI is InChI=1S/C15H21NO4/c1-4-10(3)13(15(18)19)16-14(17)11-6-8-12(9-7-11)20-5-2/h6-10,13H,4-5H2,1-3H3,(H,16,17)(H,18,19)/t10-,13-/m0/s1. The third-order valence-electron chi connectivity index (χ3n) is 3.19. The van der Waals surface area contributed by atoms with Crippen LogP contribution in [0.3, 0.4) is 0 Å². The molecule has 0 saturated heterocycles. The molecule has 1 aromatic carbocycles. The van der Waals surface area contributed by atoms with Crippen LogP contribution in [-0.2, 0) is 4.79 Å². The lowest BCUT2D eigenvalue weighted by Crippen LogP contribution is -2.45. The normalized spacial score (nSPS) is 13.3. The third-order valence-corrected chi connectivity index (χ3v) is 3.19. The van der Waals surface area contributed by atoms with Crippen molar-refractivity contribution in [2.45, 2.75) is 33.2 Å². The Balaban J connectivity index is 2.76. The molecule has 1 rings (SSSR count). The smallest absolute Gasteiger partial charge is 0.326 e. The molecule has 1 amide bonds. The van der Waals surface area contributed by atoms with Gasteiger partial charge in [-0.25, -0.2) is 4.79 Å². The summed E-state index contributed by atoms with van der Waals surface area (Å²) >= 11 is 0. The fraction of sp³-hybridized carbons (Fsp3) is 0.467. The molecule has 0 spiro atoms. The summed E-state index contributed by atoms with van der Waals surface area (Å²) < 4.78 is 5.29. The van der Waals surface area contributed by atoms with E-state index in [0.717, 1.165) is 0 Å². The number of carboxylic acids is 1. The van der Waals surface area contributed by atoms with Gasteiger partial charge in [0, 0.05) is 5.56 Å². The zero-order chi connectivity index (χ0) is 15.1. The van der Waals surface area contributed by atoms with Crippen molar-refractivity contribution in [3.05, 3.63) is 29.8 Å². The van der Waals surface area contributed by atoms with Crippen molar-refractivity contribution < 1.29 is 19.4 Å². The van der Waals surface area contributed by atoms with E-state index in [0.29, 0.717) is 24.3 Å². The first-order chi connectivity index (χ1) is 9.49. The lowest BCUT2D eigenvalue weighted by Gasteiger charge is -2.20. The van der Waals surface area contributed by atoms with Gasteiger partial charge >= 0.3 is 5.97 Å². The van der Waals surface area contributed by atoms with Crippen molar-refractivity contribution in [1.82, 2.24) is 5.32 Å². The number of aliphatic carboxylic acids is 1. The summed E-state index contributed by atoms with van der Waals surface area (Å²) in [7, 11) is 0. The summed E-state index contributed by atoms with van der Waals surface area (Å²) in [6, 6.07) is 5.75. The Morgan fingerprint density at radius 1 is 1.25 bits per heavy atom. The van der Waals surface area contributed by atoms with Crippen molar-refractivity contribution in [2.24, 2.45) is 5.92 Å². The average molecular weight is 279 g/mol. The number of hydrogen-bond acceptors (Lipinski definition) is 3. The Morgan fingerprint density at radius 3 is 2.30 bits per heavy atom. The van der Waals surface area contributed by atoms with Crippen molar-refractivity contribution in [3.63, 3.8) is 0 Å². The number of benzene rings is 1. The zero-order valence-corrected chi connectivity index (χ0v) is 12.1. The molecule has 0 radical (unpaired) electrons. The maximum absolute atomic E-state index is 12.0. The number of amides is 1. The first-order valence-corrected chi connectivity index (χ1v) is 6.76. The number of ether oxygens (including phenoxy) is 1. The van der Waals surface area contributed by atoms with Gasteiger partial charge < -0.3 is 15.2 Å². The second-order valence-corrected chi connectivity index (χ2v) is 4.63. The van der Waals surface area contributed by atoms with E-state index in [9.17, 15) is 9.59 Å². The second kappa shape index (κ2) is 7.53. The monoisotopic (exact) mass is 279 g/mol. The van der Waals surface area contributed by atoms with Gasteiger partial charge in [0.05, 0.1) is 6.61 Å². The van der Waals surface area contributed by atoms with Gasteiger partial charge in [0.25, 0.3) is 5.91 Å². The van der Waals surface area contributed by atoms with Crippen LogP contribution in [0, 0.1) is 5.92 Å². The molecule has 2 N–H and O–H groups in total. The van der Waals surface area contributed by atoms with Crippen molar-refractivity contribution in [2.75, 3.05) is 6.61 Å². The van der Waals surface area contributed by atoms with Gasteiger partial charge in [-0.15, -0.1) is 0 Å². The molecule has 20 heavy (non-hydrogen) atoms. The Kier molecular flexibility index (Phi) is 6.03. The highest BCUT2D eigenvalue weighted by atomic mass is 16.5. The predicted octanol–water partition coefficient (Wildman–Crippen LogP) is 2.31. The first-order valence-electron chi connectivity index (χ1n) is 6.76. The molecule has 0 saturated carbocycles. The quantitative estimate of drug-likeness (QED) is 0.803. The molecule has 0 bridgehead atoms. The summed E-state index contributed by atoms with van der Waals surface area (Å²) in [6.45, 7) is 6.13. The molecule has 0 heterocycles. The highest BCUT2D eigenvalue weighted by Crippen LogP contribution is 2.13. The lowest BCUT2D eigenvalue weighted by molar-refractivity contribution is -0.140. The molecule has 0 aliphatic rings. The van der Waals surface area contributed by atoms with E-state index in [1.807, 2.05) is 13.8 Å². The highest BCUT2D eigenvalue weighted by molar-refractivity contribution is 5.96. The van der Waals surface area contributed by atoms with Crippen LogP contribution in [0.1, 0.15) is 37.6 Å². The van der Waals surface area contributed by atoms with Gasteiger partial charge in [0.2, 0.25) is 0 Å². The zero-order valence-electron chi connectivity index (χ0n) is 12.1. The maximum Gasteiger partial charge on any atom is 0.326 e. The van der Waals surface area contributed by atoms with Gasteiger partial charge in [-0.3, -0.25) is 4.79 Å². The Bertz CT molecular complexity index is 455. The van der Waals surface area contributed by atoms with E-state index in [1.54, 1.807) is 31.2 Å². The third kappa shape index (κ3) is 4.26. The van der Waals surface area contributed by atoms with Gasteiger partial charge in [-0.05, 0) is 37.1 Å². The van der Waals surface area contributed by atoms with Crippen LogP contribution in [0.5, 0.6) is 5.75 Å². The average Bonchev–Trinajstić information content (AvgIpc) is 2.44. The van der Waals surface area contributed by atoms with Gasteiger partial charge in [-0.1, -0.05) is 20.3 Å². The molecule has 0 aliphatic carbocycles. The molecule has 0 fully saturated rings. The molecule has 0 aromatic heterocycles. The van der Waals surface area contributed by atoms with Crippen LogP contribution in [-0.4, -0.2) is 29.6 Å². The molecule has 0 aliphatic heterocycles. The van der Waals surface area contributed by atoms with E-state index in [1.165, 1.54) is 0 Å². The van der Waals surface area contributed by atoms with E-state index >= 15 is 0 Å². The second-order valence-electron chi connectivity index (χ2n) is 4.63. The lowest BCUT2D eigenvalue weighted by atomic mass is 9.99. The summed E-state index contributed by atoms with van der Waals surface area (Å²) in [5, 5.41) is 11.7. The van der Waals surface area contributed by atoms with E-state index in [2.05, 4.69) is 5.32 Å². The minimum absolute atomic E-state index is 0.126. The number of nitrogens with one attached hydrogen (secondary N) is 1. The molecule has 5 heteroatoms. The summed E-state index contributed by atoms with van der Waals surface area (Å²) in [6.07, 6.45) is 0.681. The number of hydrogen-bond donors (Lipinski definition) is 2. The minimum Gasteiger partial charge on any atom is -0.494 e. The molecule has 2 atom stereocenters. The minimum atomic E-state index is -1.02. The number of carboxylic acid groups (broad SMARTS) is 1. The van der Waals surface area contributed by atoms with E-state index in [4.69, 9.17) is 9.84 Å². The van der Waals surface area contributed by atoms with Crippen molar-refractivity contribution in [1.29, 1.82) is 0 Å². The van der Waals surface area contributed by atoms with Crippen molar-refractivity contribution >= 4 is 11.9 Å². The van der Waals surface area contributed by atoms with Gasteiger partial charge in [0.1, 0.15) is 11.8 Å². The van der Waals surface area contributed by atoms with E-state index in [-0.39, 0.29) is 11.8 Å². The fourth-order valence-corrected chi connectivity index (χ4v) is 1.78. The highest BCUT2D eigenvalue weighted by Gasteiger charge is 2.25. The Labute approximate surface area is 118 Å². The Morgan fingerprint density at radius 2 is 1.85 bits per heavy atom. The number of rotatable bonds is 7. The van der Waals surface area contributed by atoms with Crippen LogP contribution in [0.25, 0.3) is 0 Å². The van der Waals surface area contributed by atoms with Crippen LogP contribution in [0.15, 0.2) is 24.3 Å². The maximum atomic E-state index is 12.0. The largest absolute Gasteiger partial charge is 0.494 e. The van der Waals surface area contributed by atoms with Crippen LogP contribution in [0.2, 0.25) is 0 Å². The summed E-state index contributed by atoms with van der Waals surface area (Å²) in [4.78, 5) is 23.2. The van der Waals surface area contributed by atoms with Gasteiger partial charge in [-0.2, -0.15) is 0 Å². The molecule has 0 unspecified atom stereocenters. The van der Waals surface area contributed by atoms with Crippen molar-refractivity contribution in [3.8, 4) is 5.75 Å².